The van der Waals surface area contributed by atoms with Crippen LogP contribution < -0.4 is 4.90 Å². The maximum absolute atomic E-state index is 2.59. The highest BCUT2D eigenvalue weighted by Gasteiger charge is 2.44. The van der Waals surface area contributed by atoms with E-state index in [1.54, 1.807) is 0 Å². The van der Waals surface area contributed by atoms with Gasteiger partial charge in [-0.05, 0) is 98.6 Å². The molecule has 242 valence electrons. The molecule has 0 N–H and O–H groups in total. The summed E-state index contributed by atoms with van der Waals surface area (Å²) in [5.41, 5.74) is 17.5. The quantitative estimate of drug-likeness (QED) is 0.184. The number of hydrogen-bond acceptors (Lipinski definition) is 1. The van der Waals surface area contributed by atoms with Crippen molar-refractivity contribution >= 4 is 27.8 Å². The number of nitrogens with zero attached hydrogens (tertiary/aromatic N) is 1. The van der Waals surface area contributed by atoms with Crippen LogP contribution in [-0.2, 0) is 10.8 Å². The zero-order valence-electron chi connectivity index (χ0n) is 28.9. The molecular formula is C49H41N. The number of hydrogen-bond donors (Lipinski definition) is 0. The monoisotopic (exact) mass is 643 g/mol. The van der Waals surface area contributed by atoms with Crippen LogP contribution in [0.15, 0.2) is 152 Å². The molecule has 0 saturated heterocycles. The summed E-state index contributed by atoms with van der Waals surface area (Å²) >= 11 is 0. The minimum atomic E-state index is -0.112. The van der Waals surface area contributed by atoms with Crippen molar-refractivity contribution in [2.45, 2.75) is 56.8 Å². The fourth-order valence-corrected chi connectivity index (χ4v) is 9.83. The Morgan fingerprint density at radius 2 is 1.08 bits per heavy atom. The Kier molecular flexibility index (Phi) is 6.52. The summed E-state index contributed by atoms with van der Waals surface area (Å²) in [5, 5.41) is 2.56. The molecule has 0 bridgehead atoms. The number of fused-ring (bicyclic) bond motifs is 9. The third-order valence-electron chi connectivity index (χ3n) is 12.2. The first-order chi connectivity index (χ1) is 24.5. The Morgan fingerprint density at radius 3 is 1.88 bits per heavy atom. The van der Waals surface area contributed by atoms with Gasteiger partial charge in [0.15, 0.2) is 0 Å². The zero-order valence-corrected chi connectivity index (χ0v) is 28.9. The van der Waals surface area contributed by atoms with E-state index in [4.69, 9.17) is 0 Å². The number of rotatable bonds is 4. The fourth-order valence-electron chi connectivity index (χ4n) is 9.83. The van der Waals surface area contributed by atoms with Crippen molar-refractivity contribution in [3.05, 3.63) is 174 Å². The fraction of sp³-hybridized carbons (Fsp3) is 0.184. The van der Waals surface area contributed by atoms with Gasteiger partial charge in [-0.3, -0.25) is 0 Å². The highest BCUT2D eigenvalue weighted by atomic mass is 15.1. The molecule has 1 heteroatoms. The van der Waals surface area contributed by atoms with Crippen LogP contribution in [0.2, 0.25) is 0 Å². The van der Waals surface area contributed by atoms with Gasteiger partial charge < -0.3 is 4.90 Å². The van der Waals surface area contributed by atoms with Crippen LogP contribution in [0.5, 0.6) is 0 Å². The highest BCUT2D eigenvalue weighted by Crippen LogP contribution is 2.59. The molecule has 3 aliphatic rings. The van der Waals surface area contributed by atoms with Gasteiger partial charge in [0.2, 0.25) is 0 Å². The highest BCUT2D eigenvalue weighted by molar-refractivity contribution is 6.10. The largest absolute Gasteiger partial charge is 0.309 e. The van der Waals surface area contributed by atoms with E-state index in [9.17, 15) is 0 Å². The molecule has 0 unspecified atom stereocenters. The molecule has 0 atom stereocenters. The molecular weight excluding hydrogens is 603 g/mol. The van der Waals surface area contributed by atoms with Gasteiger partial charge in [0.05, 0.1) is 5.69 Å². The van der Waals surface area contributed by atoms with Crippen LogP contribution in [0, 0.1) is 0 Å². The van der Waals surface area contributed by atoms with Crippen LogP contribution in [0.25, 0.3) is 44.2 Å². The predicted octanol–water partition coefficient (Wildman–Crippen LogP) is 13.5. The molecule has 50 heavy (non-hydrogen) atoms. The summed E-state index contributed by atoms with van der Waals surface area (Å²) in [6.45, 7) is 4.79. The zero-order chi connectivity index (χ0) is 33.5. The van der Waals surface area contributed by atoms with E-state index in [-0.39, 0.29) is 10.8 Å². The van der Waals surface area contributed by atoms with E-state index >= 15 is 0 Å². The second-order valence-corrected chi connectivity index (χ2v) is 15.2. The summed E-state index contributed by atoms with van der Waals surface area (Å²) < 4.78 is 0. The third kappa shape index (κ3) is 4.19. The summed E-state index contributed by atoms with van der Waals surface area (Å²) in [4.78, 5) is 2.59. The van der Waals surface area contributed by atoms with E-state index in [0.29, 0.717) is 0 Å². The molecule has 1 nitrogen and oxygen atoms in total. The van der Waals surface area contributed by atoms with Crippen LogP contribution >= 0.6 is 0 Å². The number of benzene rings is 7. The standard InChI is InChI=1S/C49H41N/c1-48(2)42-21-11-10-20-41(42)46-45(48)31-35-17-7-8-18-38(35)47(46)50(36-25-23-34(24-26-36)33-15-5-3-6-16-33)37-27-28-40-39-19-9-12-22-43(39)49(44(40)32-37)29-13-4-14-30-49/h3,5-12,15-28,31-32H,4,13-14,29-30H2,1-2H3. The SMILES string of the molecule is CC1(C)c2ccccc2-c2c1cc1ccccc1c2N(c1ccc(-c2ccccc2)cc1)c1ccc2c(c1)C1(CCCCC1)c1ccccc1-2. The van der Waals surface area contributed by atoms with E-state index in [0.717, 1.165) is 0 Å². The smallest absolute Gasteiger partial charge is 0.0621 e. The average Bonchev–Trinajstić information content (AvgIpc) is 3.56. The Balaban J connectivity index is 1.27. The molecule has 1 fully saturated rings. The second-order valence-electron chi connectivity index (χ2n) is 15.2. The molecule has 10 rings (SSSR count). The van der Waals surface area contributed by atoms with Crippen molar-refractivity contribution in [2.75, 3.05) is 4.90 Å². The third-order valence-corrected chi connectivity index (χ3v) is 12.2. The van der Waals surface area contributed by atoms with E-state index < -0.39 is 0 Å². The Labute approximate surface area is 295 Å². The first-order valence-corrected chi connectivity index (χ1v) is 18.4. The van der Waals surface area contributed by atoms with Crippen molar-refractivity contribution in [1.82, 2.24) is 0 Å². The number of anilines is 3. The van der Waals surface area contributed by atoms with Crippen molar-refractivity contribution < 1.29 is 0 Å². The van der Waals surface area contributed by atoms with Crippen molar-refractivity contribution in [3.8, 4) is 33.4 Å². The molecule has 0 radical (unpaired) electrons. The molecule has 1 saturated carbocycles. The van der Waals surface area contributed by atoms with Crippen molar-refractivity contribution in [3.63, 3.8) is 0 Å². The maximum Gasteiger partial charge on any atom is 0.0621 e. The van der Waals surface area contributed by atoms with Crippen LogP contribution in [0.4, 0.5) is 17.1 Å². The molecule has 0 aromatic heterocycles. The van der Waals surface area contributed by atoms with Gasteiger partial charge in [-0.2, -0.15) is 0 Å². The van der Waals surface area contributed by atoms with Gasteiger partial charge in [0.1, 0.15) is 0 Å². The van der Waals surface area contributed by atoms with E-state index in [2.05, 4.69) is 170 Å². The van der Waals surface area contributed by atoms with E-state index in [1.165, 1.54) is 116 Å². The Hall–Kier alpha value is -5.40. The van der Waals surface area contributed by atoms with Crippen LogP contribution in [0.1, 0.15) is 68.2 Å². The van der Waals surface area contributed by atoms with Gasteiger partial charge in [0.25, 0.3) is 0 Å². The first-order valence-electron chi connectivity index (χ1n) is 18.4. The molecule has 0 aliphatic heterocycles. The summed E-state index contributed by atoms with van der Waals surface area (Å²) in [5.74, 6) is 0. The van der Waals surface area contributed by atoms with Crippen LogP contribution in [-0.4, -0.2) is 0 Å². The van der Waals surface area contributed by atoms with E-state index in [1.807, 2.05) is 0 Å². The topological polar surface area (TPSA) is 3.24 Å². The lowest BCUT2D eigenvalue weighted by atomic mass is 9.68. The predicted molar refractivity (Wildman–Crippen MR) is 211 cm³/mol. The van der Waals surface area contributed by atoms with Crippen molar-refractivity contribution in [2.24, 2.45) is 0 Å². The minimum Gasteiger partial charge on any atom is -0.309 e. The maximum atomic E-state index is 2.59. The molecule has 0 amide bonds. The molecule has 3 aliphatic carbocycles. The lowest BCUT2D eigenvalue weighted by molar-refractivity contribution is 0.353. The lowest BCUT2D eigenvalue weighted by Crippen LogP contribution is -2.28. The normalized spacial score (nSPS) is 16.1. The van der Waals surface area contributed by atoms with Gasteiger partial charge in [-0.1, -0.05) is 154 Å². The summed E-state index contributed by atoms with van der Waals surface area (Å²) in [6.07, 6.45) is 6.34. The second kappa shape index (κ2) is 11.1. The molecule has 1 spiro atoms. The van der Waals surface area contributed by atoms with Gasteiger partial charge in [0, 0.05) is 33.2 Å². The summed E-state index contributed by atoms with van der Waals surface area (Å²) in [7, 11) is 0. The Bertz CT molecular complexity index is 2430. The first kappa shape index (κ1) is 29.5. The van der Waals surface area contributed by atoms with Gasteiger partial charge in [-0.25, -0.2) is 0 Å². The van der Waals surface area contributed by atoms with Crippen molar-refractivity contribution in [1.29, 1.82) is 0 Å². The lowest BCUT2D eigenvalue weighted by Gasteiger charge is -2.37. The molecule has 7 aromatic rings. The average molecular weight is 644 g/mol. The minimum absolute atomic E-state index is 0.0817. The molecule has 7 aromatic carbocycles. The van der Waals surface area contributed by atoms with Gasteiger partial charge >= 0.3 is 0 Å². The Morgan fingerprint density at radius 1 is 0.460 bits per heavy atom. The van der Waals surface area contributed by atoms with Gasteiger partial charge in [-0.15, -0.1) is 0 Å². The molecule has 0 heterocycles. The van der Waals surface area contributed by atoms with Crippen LogP contribution in [0.3, 0.4) is 0 Å². The summed E-state index contributed by atoms with van der Waals surface area (Å²) in [6, 6.07) is 57.2.